The van der Waals surface area contributed by atoms with Crippen molar-refractivity contribution in [3.8, 4) is 0 Å². The Balaban J connectivity index is 4.30. The highest BCUT2D eigenvalue weighted by molar-refractivity contribution is 5.70. The van der Waals surface area contributed by atoms with Gasteiger partial charge in [-0.1, -0.05) is 243 Å². The first-order valence-electron chi connectivity index (χ1n) is 28.2. The van der Waals surface area contributed by atoms with Gasteiger partial charge in [-0.2, -0.15) is 0 Å². The second-order valence-corrected chi connectivity index (χ2v) is 18.8. The Kier molecular flexibility index (Phi) is 53.3. The van der Waals surface area contributed by atoms with Gasteiger partial charge in [0.05, 0.1) is 6.61 Å². The Morgan fingerprint density at radius 2 is 0.656 bits per heavy atom. The van der Waals surface area contributed by atoms with E-state index in [4.69, 9.17) is 14.2 Å². The molecule has 0 fully saturated rings. The Morgan fingerprint density at radius 3 is 1.12 bits per heavy atom. The van der Waals surface area contributed by atoms with Crippen LogP contribution < -0.4 is 0 Å². The molecule has 1 atom stereocenters. The summed E-state index contributed by atoms with van der Waals surface area (Å²) in [4.78, 5) is 25.5. The lowest BCUT2D eigenvalue weighted by molar-refractivity contribution is -0.163. The first-order valence-corrected chi connectivity index (χ1v) is 28.2. The molecule has 374 valence electrons. The monoisotopic (exact) mass is 897 g/mol. The smallest absolute Gasteiger partial charge is 0.306 e. The summed E-state index contributed by atoms with van der Waals surface area (Å²) in [7, 11) is 0. The topological polar surface area (TPSA) is 61.8 Å². The van der Waals surface area contributed by atoms with Gasteiger partial charge in [0.1, 0.15) is 6.61 Å². The van der Waals surface area contributed by atoms with Gasteiger partial charge in [-0.15, -0.1) is 0 Å². The maximum absolute atomic E-state index is 12.8. The molecule has 0 spiro atoms. The summed E-state index contributed by atoms with van der Waals surface area (Å²) in [6.07, 6.45) is 68.4. The van der Waals surface area contributed by atoms with Gasteiger partial charge in [-0.05, 0) is 83.5 Å². The number of hydrogen-bond acceptors (Lipinski definition) is 5. The second-order valence-electron chi connectivity index (χ2n) is 18.8. The van der Waals surface area contributed by atoms with Crippen molar-refractivity contribution >= 4 is 11.9 Å². The van der Waals surface area contributed by atoms with Crippen molar-refractivity contribution in [2.75, 3.05) is 19.8 Å². The molecule has 0 heterocycles. The van der Waals surface area contributed by atoms with E-state index < -0.39 is 6.10 Å². The van der Waals surface area contributed by atoms with Crippen molar-refractivity contribution < 1.29 is 23.8 Å². The summed E-state index contributed by atoms with van der Waals surface area (Å²) >= 11 is 0. The molecule has 0 amide bonds. The molecule has 0 aromatic rings. The Bertz CT molecular complexity index is 1060. The van der Waals surface area contributed by atoms with Gasteiger partial charge in [-0.3, -0.25) is 9.59 Å². The van der Waals surface area contributed by atoms with Crippen LogP contribution in [0.5, 0.6) is 0 Å². The van der Waals surface area contributed by atoms with E-state index in [-0.39, 0.29) is 25.2 Å². The van der Waals surface area contributed by atoms with Crippen molar-refractivity contribution in [2.45, 2.75) is 297 Å². The highest BCUT2D eigenvalue weighted by Gasteiger charge is 2.17. The summed E-state index contributed by atoms with van der Waals surface area (Å²) in [5, 5.41) is 0. The van der Waals surface area contributed by atoms with Crippen LogP contribution in [0.2, 0.25) is 0 Å². The predicted octanol–water partition coefficient (Wildman–Crippen LogP) is 19.1. The number of hydrogen-bond donors (Lipinski definition) is 0. The summed E-state index contributed by atoms with van der Waals surface area (Å²) in [6.45, 7) is 7.80. The van der Waals surface area contributed by atoms with E-state index in [1.54, 1.807) is 0 Å². The van der Waals surface area contributed by atoms with Crippen molar-refractivity contribution in [3.05, 3.63) is 48.6 Å². The van der Waals surface area contributed by atoms with Gasteiger partial charge in [0.25, 0.3) is 0 Å². The zero-order valence-electron chi connectivity index (χ0n) is 43.1. The molecule has 0 saturated carbocycles. The van der Waals surface area contributed by atoms with Crippen molar-refractivity contribution in [3.63, 3.8) is 0 Å². The molecule has 0 aliphatic carbocycles. The van der Waals surface area contributed by atoms with E-state index in [9.17, 15) is 9.59 Å². The molecule has 0 rings (SSSR count). The fraction of sp³-hybridized carbons (Fsp3) is 0.831. The zero-order valence-corrected chi connectivity index (χ0v) is 43.1. The van der Waals surface area contributed by atoms with E-state index in [1.165, 1.54) is 193 Å². The zero-order chi connectivity index (χ0) is 46.3. The quantitative estimate of drug-likeness (QED) is 0.0346. The molecule has 0 aliphatic heterocycles. The Hall–Kier alpha value is -2.14. The van der Waals surface area contributed by atoms with Crippen LogP contribution in [0, 0.1) is 0 Å². The molecule has 64 heavy (non-hydrogen) atoms. The summed E-state index contributed by atoms with van der Waals surface area (Å²) < 4.78 is 17.4. The van der Waals surface area contributed by atoms with Crippen molar-refractivity contribution in [1.29, 1.82) is 0 Å². The minimum Gasteiger partial charge on any atom is -0.462 e. The normalized spacial score (nSPS) is 12.5. The number of allylic oxidation sites excluding steroid dienone is 8. The van der Waals surface area contributed by atoms with Gasteiger partial charge in [0.15, 0.2) is 6.10 Å². The maximum Gasteiger partial charge on any atom is 0.306 e. The van der Waals surface area contributed by atoms with Gasteiger partial charge in [-0.25, -0.2) is 0 Å². The van der Waals surface area contributed by atoms with Gasteiger partial charge < -0.3 is 14.2 Å². The highest BCUT2D eigenvalue weighted by atomic mass is 16.6. The van der Waals surface area contributed by atoms with Gasteiger partial charge >= 0.3 is 11.9 Å². The Morgan fingerprint density at radius 1 is 0.344 bits per heavy atom. The van der Waals surface area contributed by atoms with Crippen LogP contribution in [0.3, 0.4) is 0 Å². The first-order chi connectivity index (χ1) is 31.6. The minimum absolute atomic E-state index is 0.0674. The third kappa shape index (κ3) is 52.5. The number of ether oxygens (including phenoxy) is 3. The highest BCUT2D eigenvalue weighted by Crippen LogP contribution is 2.15. The third-order valence-corrected chi connectivity index (χ3v) is 12.3. The lowest BCUT2D eigenvalue weighted by Crippen LogP contribution is -2.30. The minimum atomic E-state index is -0.551. The molecule has 0 radical (unpaired) electrons. The number of carbonyl (C=O) groups excluding carboxylic acids is 2. The largest absolute Gasteiger partial charge is 0.462 e. The van der Waals surface area contributed by atoms with Crippen LogP contribution in [0.15, 0.2) is 48.6 Å². The lowest BCUT2D eigenvalue weighted by Gasteiger charge is -2.18. The molecule has 0 N–H and O–H groups in total. The van der Waals surface area contributed by atoms with Gasteiger partial charge in [0.2, 0.25) is 0 Å². The van der Waals surface area contributed by atoms with Crippen LogP contribution in [0.1, 0.15) is 290 Å². The molecule has 0 bridgehead atoms. The number of carbonyl (C=O) groups is 2. The molecule has 5 nitrogen and oxygen atoms in total. The molecule has 0 aromatic carbocycles. The van der Waals surface area contributed by atoms with Crippen LogP contribution in [0.25, 0.3) is 0 Å². The fourth-order valence-electron chi connectivity index (χ4n) is 8.10. The van der Waals surface area contributed by atoms with E-state index in [1.807, 2.05) is 0 Å². The standard InChI is InChI=1S/C59H108O5/c1-4-7-10-13-16-19-22-25-28-30-32-35-38-41-44-47-50-53-59(61)64-57(55-62-54-51-48-45-42-39-36-33-29-26-23-20-17-14-11-8-5-2)56-63-58(60)52-49-46-43-40-37-34-31-27-24-21-18-15-12-9-6-3/h18,21,25,27-28,31,37,40,57H,4-17,19-20,22-24,26,29-30,32-36,38-39,41-56H2,1-3H3/b21-18-,28-25-,31-27-,40-37-/t57-/m1/s1. The molecule has 0 unspecified atom stereocenters. The third-order valence-electron chi connectivity index (χ3n) is 12.3. The van der Waals surface area contributed by atoms with Crippen LogP contribution >= 0.6 is 0 Å². The summed E-state index contributed by atoms with van der Waals surface area (Å²) in [5.41, 5.74) is 0. The van der Waals surface area contributed by atoms with E-state index in [0.29, 0.717) is 19.4 Å². The maximum atomic E-state index is 12.8. The molecular formula is C59H108O5. The average molecular weight is 898 g/mol. The van der Waals surface area contributed by atoms with Crippen LogP contribution in [0.4, 0.5) is 0 Å². The number of rotatable bonds is 52. The van der Waals surface area contributed by atoms with Gasteiger partial charge in [0, 0.05) is 19.4 Å². The van der Waals surface area contributed by atoms with E-state index >= 15 is 0 Å². The predicted molar refractivity (Wildman–Crippen MR) is 279 cm³/mol. The fourth-order valence-corrected chi connectivity index (χ4v) is 8.10. The summed E-state index contributed by atoms with van der Waals surface area (Å²) in [5.74, 6) is -0.432. The van der Waals surface area contributed by atoms with Crippen LogP contribution in [-0.4, -0.2) is 37.9 Å². The molecular weight excluding hydrogens is 789 g/mol. The lowest BCUT2D eigenvalue weighted by atomic mass is 10.0. The Labute approximate surface area is 399 Å². The first kappa shape index (κ1) is 61.9. The summed E-state index contributed by atoms with van der Waals surface area (Å²) in [6, 6.07) is 0. The van der Waals surface area contributed by atoms with Crippen molar-refractivity contribution in [1.82, 2.24) is 0 Å². The number of unbranched alkanes of at least 4 members (excludes halogenated alkanes) is 33. The molecule has 0 aliphatic rings. The molecule has 0 saturated heterocycles. The van der Waals surface area contributed by atoms with E-state index in [0.717, 1.165) is 64.2 Å². The van der Waals surface area contributed by atoms with E-state index in [2.05, 4.69) is 69.4 Å². The van der Waals surface area contributed by atoms with Crippen LogP contribution in [-0.2, 0) is 23.8 Å². The number of esters is 2. The second kappa shape index (κ2) is 55.2. The van der Waals surface area contributed by atoms with Crippen molar-refractivity contribution in [2.24, 2.45) is 0 Å². The SMILES string of the molecule is CCCCC/C=C\C/C=C\C/C=C\CCCCC(=O)OC[C@@H](COCCCCCCCCCCCCCCCCCC)OC(=O)CCCCCCCCC/C=C\CCCCCCCC. The molecule has 0 aromatic heterocycles. The molecule has 5 heteroatoms. The average Bonchev–Trinajstić information content (AvgIpc) is 3.30.